The van der Waals surface area contributed by atoms with Crippen molar-refractivity contribution in [2.45, 2.75) is 32.0 Å². The van der Waals surface area contributed by atoms with E-state index >= 15 is 0 Å². The quantitative estimate of drug-likeness (QED) is 0.367. The van der Waals surface area contributed by atoms with Crippen LogP contribution in [0.3, 0.4) is 0 Å². The molecule has 2 amide bonds. The molecule has 0 rings (SSSR count). The molecule has 0 unspecified atom stereocenters. The van der Waals surface area contributed by atoms with Crippen molar-refractivity contribution in [3.8, 4) is 0 Å². The van der Waals surface area contributed by atoms with Crippen LogP contribution in [0, 0.1) is 0 Å². The lowest BCUT2D eigenvalue weighted by molar-refractivity contribution is -0.141. The molecule has 0 spiro atoms. The molecule has 0 aliphatic rings. The van der Waals surface area contributed by atoms with Gasteiger partial charge in [-0.25, -0.2) is 4.79 Å². The largest absolute Gasteiger partial charge is 0.480 e. The van der Waals surface area contributed by atoms with Gasteiger partial charge in [-0.15, -0.1) is 0 Å². The molecular weight excluding hydrogens is 246 g/mol. The van der Waals surface area contributed by atoms with Crippen LogP contribution in [0.15, 0.2) is 0 Å². The summed E-state index contributed by atoms with van der Waals surface area (Å²) in [6.07, 6.45) is 0. The molecule has 0 aliphatic heterocycles. The third kappa shape index (κ3) is 5.55. The van der Waals surface area contributed by atoms with Crippen molar-refractivity contribution >= 4 is 30.4 Å². The first-order valence-corrected chi connectivity index (χ1v) is 5.62. The maximum Gasteiger partial charge on any atom is 0.327 e. The minimum absolute atomic E-state index is 0.0327. The van der Waals surface area contributed by atoms with E-state index < -0.39 is 35.9 Å². The van der Waals surface area contributed by atoms with Gasteiger partial charge in [0.2, 0.25) is 11.8 Å². The first kappa shape index (κ1) is 15.7. The van der Waals surface area contributed by atoms with Crippen LogP contribution in [0.5, 0.6) is 0 Å². The van der Waals surface area contributed by atoms with Gasteiger partial charge in [-0.2, -0.15) is 12.6 Å². The fourth-order valence-corrected chi connectivity index (χ4v) is 1.14. The van der Waals surface area contributed by atoms with Gasteiger partial charge in [0, 0.05) is 5.75 Å². The summed E-state index contributed by atoms with van der Waals surface area (Å²) in [6.45, 7) is 2.92. The molecule has 7 nitrogen and oxygen atoms in total. The Morgan fingerprint density at radius 1 is 1.24 bits per heavy atom. The Balaban J connectivity index is 4.31. The summed E-state index contributed by atoms with van der Waals surface area (Å²) in [5.74, 6) is -2.29. The summed E-state index contributed by atoms with van der Waals surface area (Å²) in [6, 6.07) is -2.67. The van der Waals surface area contributed by atoms with Gasteiger partial charge in [0.15, 0.2) is 0 Å². The number of rotatable bonds is 6. The Labute approximate surface area is 105 Å². The van der Waals surface area contributed by atoms with Crippen molar-refractivity contribution in [3.63, 3.8) is 0 Å². The number of carbonyl (C=O) groups excluding carboxylic acids is 2. The molecule has 0 aromatic rings. The Hall–Kier alpha value is -1.28. The van der Waals surface area contributed by atoms with E-state index in [1.165, 1.54) is 13.8 Å². The van der Waals surface area contributed by atoms with E-state index in [1.807, 2.05) is 0 Å². The highest BCUT2D eigenvalue weighted by atomic mass is 32.1. The third-order valence-electron chi connectivity index (χ3n) is 1.96. The summed E-state index contributed by atoms with van der Waals surface area (Å²) in [4.78, 5) is 33.4. The molecule has 3 atom stereocenters. The minimum atomic E-state index is -1.18. The lowest BCUT2D eigenvalue weighted by atomic mass is 10.2. The van der Waals surface area contributed by atoms with Gasteiger partial charge in [-0.1, -0.05) is 0 Å². The standard InChI is InChI=1S/C9H17N3O4S/c1-4(10)7(13)11-5(2)8(14)12-6(3-17)9(15)16/h4-6,17H,3,10H2,1-2H3,(H,11,13)(H,12,14)(H,15,16)/t4-,5-,6-/m0/s1. The first-order chi connectivity index (χ1) is 7.79. The number of nitrogens with one attached hydrogen (secondary N) is 2. The van der Waals surface area contributed by atoms with Crippen LogP contribution in [0.2, 0.25) is 0 Å². The van der Waals surface area contributed by atoms with Gasteiger partial charge in [-0.05, 0) is 13.8 Å². The molecule has 0 aliphatic carbocycles. The van der Waals surface area contributed by atoms with Crippen LogP contribution in [0.4, 0.5) is 0 Å². The number of carboxylic acids is 1. The van der Waals surface area contributed by atoms with Crippen LogP contribution in [0.1, 0.15) is 13.8 Å². The maximum atomic E-state index is 11.5. The molecule has 0 heterocycles. The normalized spacial score (nSPS) is 15.5. The van der Waals surface area contributed by atoms with Crippen molar-refractivity contribution in [2.75, 3.05) is 5.75 Å². The van der Waals surface area contributed by atoms with Crippen molar-refractivity contribution in [1.29, 1.82) is 0 Å². The van der Waals surface area contributed by atoms with E-state index in [0.29, 0.717) is 0 Å². The Morgan fingerprint density at radius 2 is 1.76 bits per heavy atom. The number of amides is 2. The van der Waals surface area contributed by atoms with Crippen LogP contribution in [-0.2, 0) is 14.4 Å². The van der Waals surface area contributed by atoms with Crippen LogP contribution in [0.25, 0.3) is 0 Å². The average molecular weight is 263 g/mol. The highest BCUT2D eigenvalue weighted by Gasteiger charge is 2.23. The van der Waals surface area contributed by atoms with Gasteiger partial charge in [-0.3, -0.25) is 9.59 Å². The Kier molecular flexibility index (Phi) is 6.59. The lowest BCUT2D eigenvalue weighted by Gasteiger charge is -2.18. The summed E-state index contributed by atoms with van der Waals surface area (Å²) < 4.78 is 0. The molecule has 0 bridgehead atoms. The monoisotopic (exact) mass is 263 g/mol. The molecule has 5 N–H and O–H groups in total. The van der Waals surface area contributed by atoms with Gasteiger partial charge < -0.3 is 21.5 Å². The maximum absolute atomic E-state index is 11.5. The van der Waals surface area contributed by atoms with Crippen LogP contribution >= 0.6 is 12.6 Å². The molecule has 98 valence electrons. The van der Waals surface area contributed by atoms with Crippen molar-refractivity contribution < 1.29 is 19.5 Å². The molecular formula is C9H17N3O4S. The zero-order valence-corrected chi connectivity index (χ0v) is 10.5. The number of nitrogens with two attached hydrogens (primary N) is 1. The third-order valence-corrected chi connectivity index (χ3v) is 2.33. The molecule has 17 heavy (non-hydrogen) atoms. The SMILES string of the molecule is C[C@H](N)C(=O)N[C@@H](C)C(=O)N[C@@H](CS)C(=O)O. The highest BCUT2D eigenvalue weighted by molar-refractivity contribution is 7.80. The number of aliphatic carboxylic acids is 1. The number of carboxylic acid groups (broad SMARTS) is 1. The van der Waals surface area contributed by atoms with Gasteiger partial charge in [0.05, 0.1) is 6.04 Å². The highest BCUT2D eigenvalue weighted by Crippen LogP contribution is 1.91. The summed E-state index contributed by atoms with van der Waals surface area (Å²) >= 11 is 3.80. The smallest absolute Gasteiger partial charge is 0.327 e. The predicted molar refractivity (Wildman–Crippen MR) is 64.7 cm³/mol. The van der Waals surface area contributed by atoms with Gasteiger partial charge >= 0.3 is 5.97 Å². The summed E-state index contributed by atoms with van der Waals surface area (Å²) in [7, 11) is 0. The van der Waals surface area contributed by atoms with Crippen molar-refractivity contribution in [3.05, 3.63) is 0 Å². The zero-order chi connectivity index (χ0) is 13.6. The molecule has 0 saturated carbocycles. The van der Waals surface area contributed by atoms with Crippen LogP contribution in [-0.4, -0.2) is 46.8 Å². The molecule has 0 aromatic heterocycles. The number of hydrogen-bond donors (Lipinski definition) is 5. The van der Waals surface area contributed by atoms with Crippen molar-refractivity contribution in [1.82, 2.24) is 10.6 Å². The number of carbonyl (C=O) groups is 3. The molecule has 0 saturated heterocycles. The number of thiol groups is 1. The van der Waals surface area contributed by atoms with Gasteiger partial charge in [0.1, 0.15) is 12.1 Å². The Bertz CT molecular complexity index is 309. The van der Waals surface area contributed by atoms with E-state index in [0.717, 1.165) is 0 Å². The minimum Gasteiger partial charge on any atom is -0.480 e. The van der Waals surface area contributed by atoms with E-state index in [-0.39, 0.29) is 5.75 Å². The molecule has 0 aromatic carbocycles. The predicted octanol–water partition coefficient (Wildman–Crippen LogP) is -1.66. The molecule has 8 heteroatoms. The van der Waals surface area contributed by atoms with Crippen molar-refractivity contribution in [2.24, 2.45) is 5.73 Å². The van der Waals surface area contributed by atoms with E-state index in [1.54, 1.807) is 0 Å². The topological polar surface area (TPSA) is 122 Å². The zero-order valence-electron chi connectivity index (χ0n) is 9.64. The first-order valence-electron chi connectivity index (χ1n) is 4.99. The second-order valence-electron chi connectivity index (χ2n) is 3.60. The van der Waals surface area contributed by atoms with Crippen LogP contribution < -0.4 is 16.4 Å². The summed E-state index contributed by atoms with van der Waals surface area (Å²) in [5.41, 5.74) is 5.31. The Morgan fingerprint density at radius 3 is 2.12 bits per heavy atom. The van der Waals surface area contributed by atoms with E-state index in [2.05, 4.69) is 23.3 Å². The average Bonchev–Trinajstić information content (AvgIpc) is 2.24. The lowest BCUT2D eigenvalue weighted by Crippen LogP contribution is -2.53. The van der Waals surface area contributed by atoms with E-state index in [9.17, 15) is 14.4 Å². The van der Waals surface area contributed by atoms with E-state index in [4.69, 9.17) is 10.8 Å². The second-order valence-corrected chi connectivity index (χ2v) is 3.97. The second kappa shape index (κ2) is 7.13. The summed E-state index contributed by atoms with van der Waals surface area (Å²) in [5, 5.41) is 13.3. The fourth-order valence-electron chi connectivity index (χ4n) is 0.893. The number of hydrogen-bond acceptors (Lipinski definition) is 5. The van der Waals surface area contributed by atoms with Gasteiger partial charge in [0.25, 0.3) is 0 Å². The molecule has 0 fully saturated rings. The molecule has 0 radical (unpaired) electrons. The fraction of sp³-hybridized carbons (Fsp3) is 0.667.